The largest absolute Gasteiger partial charge is 0.383 e. The maximum absolute atomic E-state index is 11.8. The summed E-state index contributed by atoms with van der Waals surface area (Å²) in [7, 11) is -3.75. The van der Waals surface area contributed by atoms with E-state index in [0.717, 1.165) is 0 Å². The molecule has 2 aromatic rings. The van der Waals surface area contributed by atoms with Crippen molar-refractivity contribution in [1.82, 2.24) is 10.2 Å². The van der Waals surface area contributed by atoms with Gasteiger partial charge in [-0.2, -0.15) is 5.10 Å². The van der Waals surface area contributed by atoms with Gasteiger partial charge in [-0.25, -0.2) is 13.6 Å². The first kappa shape index (κ1) is 13.1. The zero-order valence-electron chi connectivity index (χ0n) is 9.62. The molecule has 2 rings (SSSR count). The topological polar surface area (TPSA) is 144 Å². The molecule has 1 aromatic carbocycles. The highest BCUT2D eigenvalue weighted by Crippen LogP contribution is 2.15. The fraction of sp³-hybridized carbons (Fsp3) is 0. The number of hydrogen-bond acceptors (Lipinski definition) is 5. The molecule has 0 aliphatic rings. The van der Waals surface area contributed by atoms with Gasteiger partial charge in [0.25, 0.3) is 5.91 Å². The van der Waals surface area contributed by atoms with Crippen molar-refractivity contribution < 1.29 is 13.2 Å². The number of sulfonamides is 1. The number of carbonyl (C=O) groups is 1. The van der Waals surface area contributed by atoms with Gasteiger partial charge in [-0.05, 0) is 24.3 Å². The number of benzene rings is 1. The lowest BCUT2D eigenvalue weighted by Gasteiger charge is -2.05. The summed E-state index contributed by atoms with van der Waals surface area (Å²) in [6.45, 7) is 0. The average molecular weight is 281 g/mol. The van der Waals surface area contributed by atoms with E-state index in [0.29, 0.717) is 5.69 Å². The van der Waals surface area contributed by atoms with Gasteiger partial charge in [0.1, 0.15) is 11.4 Å². The SMILES string of the molecule is Nc1[nH]ncc1C(=O)Nc1ccc(S(N)(=O)=O)cc1. The summed E-state index contributed by atoms with van der Waals surface area (Å²) in [5.41, 5.74) is 6.12. The van der Waals surface area contributed by atoms with Crippen LogP contribution in [0.3, 0.4) is 0 Å². The number of anilines is 2. The molecule has 0 unspecified atom stereocenters. The first-order valence-corrected chi connectivity index (χ1v) is 6.65. The molecule has 9 heteroatoms. The van der Waals surface area contributed by atoms with E-state index < -0.39 is 15.9 Å². The minimum atomic E-state index is -3.75. The highest BCUT2D eigenvalue weighted by Gasteiger charge is 2.12. The van der Waals surface area contributed by atoms with E-state index in [9.17, 15) is 13.2 Å². The molecule has 0 saturated carbocycles. The van der Waals surface area contributed by atoms with E-state index in [-0.39, 0.29) is 16.3 Å². The van der Waals surface area contributed by atoms with Crippen LogP contribution in [0.4, 0.5) is 11.5 Å². The maximum atomic E-state index is 11.8. The number of aromatic amines is 1. The van der Waals surface area contributed by atoms with Crippen LogP contribution in [0.15, 0.2) is 35.4 Å². The van der Waals surface area contributed by atoms with Crippen molar-refractivity contribution >= 4 is 27.4 Å². The summed E-state index contributed by atoms with van der Waals surface area (Å²) in [6.07, 6.45) is 1.30. The van der Waals surface area contributed by atoms with E-state index in [1.54, 1.807) is 0 Å². The van der Waals surface area contributed by atoms with Crippen molar-refractivity contribution in [2.24, 2.45) is 5.14 Å². The smallest absolute Gasteiger partial charge is 0.261 e. The Kier molecular flexibility index (Phi) is 3.23. The lowest BCUT2D eigenvalue weighted by Crippen LogP contribution is -2.14. The second kappa shape index (κ2) is 4.71. The molecule has 1 heterocycles. The van der Waals surface area contributed by atoms with Crippen LogP contribution < -0.4 is 16.2 Å². The second-order valence-corrected chi connectivity index (χ2v) is 5.28. The molecule has 8 nitrogen and oxygen atoms in total. The van der Waals surface area contributed by atoms with Crippen LogP contribution in [-0.2, 0) is 10.0 Å². The van der Waals surface area contributed by atoms with E-state index in [4.69, 9.17) is 10.9 Å². The zero-order valence-corrected chi connectivity index (χ0v) is 10.4. The molecule has 6 N–H and O–H groups in total. The van der Waals surface area contributed by atoms with Gasteiger partial charge < -0.3 is 11.1 Å². The third kappa shape index (κ3) is 2.89. The Bertz CT molecular complexity index is 705. The van der Waals surface area contributed by atoms with Gasteiger partial charge in [0.2, 0.25) is 10.0 Å². The van der Waals surface area contributed by atoms with Gasteiger partial charge in [-0.1, -0.05) is 0 Å². The Morgan fingerprint density at radius 3 is 2.37 bits per heavy atom. The summed E-state index contributed by atoms with van der Waals surface area (Å²) < 4.78 is 22.1. The highest BCUT2D eigenvalue weighted by molar-refractivity contribution is 7.89. The van der Waals surface area contributed by atoms with Gasteiger partial charge in [0.05, 0.1) is 11.1 Å². The number of amides is 1. The molecule has 0 aliphatic heterocycles. The van der Waals surface area contributed by atoms with Crippen LogP contribution in [0.5, 0.6) is 0 Å². The Hall–Kier alpha value is -2.39. The summed E-state index contributed by atoms with van der Waals surface area (Å²) in [4.78, 5) is 11.7. The number of nitrogens with one attached hydrogen (secondary N) is 2. The molecule has 0 saturated heterocycles. The lowest BCUT2D eigenvalue weighted by molar-refractivity contribution is 0.102. The molecule has 0 spiro atoms. The fourth-order valence-corrected chi connectivity index (χ4v) is 1.92. The van der Waals surface area contributed by atoms with Crippen molar-refractivity contribution in [2.45, 2.75) is 4.90 Å². The van der Waals surface area contributed by atoms with Gasteiger partial charge >= 0.3 is 0 Å². The highest BCUT2D eigenvalue weighted by atomic mass is 32.2. The van der Waals surface area contributed by atoms with E-state index in [1.165, 1.54) is 30.5 Å². The minimum absolute atomic E-state index is 0.0340. The fourth-order valence-electron chi connectivity index (χ4n) is 1.40. The molecule has 0 radical (unpaired) electrons. The van der Waals surface area contributed by atoms with E-state index in [1.807, 2.05) is 0 Å². The van der Waals surface area contributed by atoms with Crippen molar-refractivity contribution in [3.05, 3.63) is 36.0 Å². The van der Waals surface area contributed by atoms with Crippen LogP contribution in [0.25, 0.3) is 0 Å². The first-order chi connectivity index (χ1) is 8.88. The Labute approximate surface area is 108 Å². The van der Waals surface area contributed by atoms with E-state index in [2.05, 4.69) is 15.5 Å². The lowest BCUT2D eigenvalue weighted by atomic mass is 10.2. The van der Waals surface area contributed by atoms with Crippen molar-refractivity contribution in [2.75, 3.05) is 11.1 Å². The van der Waals surface area contributed by atoms with Crippen molar-refractivity contribution in [3.63, 3.8) is 0 Å². The van der Waals surface area contributed by atoms with Crippen molar-refractivity contribution in [1.29, 1.82) is 0 Å². The molecule has 0 fully saturated rings. The number of rotatable bonds is 3. The van der Waals surface area contributed by atoms with Crippen LogP contribution in [-0.4, -0.2) is 24.5 Å². The average Bonchev–Trinajstić information content (AvgIpc) is 2.75. The predicted molar refractivity (Wildman–Crippen MR) is 68.8 cm³/mol. The molecule has 0 atom stereocenters. The second-order valence-electron chi connectivity index (χ2n) is 3.72. The Balaban J connectivity index is 2.17. The Morgan fingerprint density at radius 1 is 1.26 bits per heavy atom. The number of H-pyrrole nitrogens is 1. The molecular weight excluding hydrogens is 270 g/mol. The first-order valence-electron chi connectivity index (χ1n) is 5.11. The standard InChI is InChI=1S/C10H11N5O3S/c11-9-8(5-13-15-9)10(16)14-6-1-3-7(4-2-6)19(12,17)18/h1-5H,(H,14,16)(H3,11,13,15)(H2,12,17,18). The molecule has 100 valence electrons. The zero-order chi connectivity index (χ0) is 14.0. The number of nitrogens with zero attached hydrogens (tertiary/aromatic N) is 1. The number of nitrogen functional groups attached to an aromatic ring is 1. The number of nitrogens with two attached hydrogens (primary N) is 2. The van der Waals surface area contributed by atoms with Crippen LogP contribution >= 0.6 is 0 Å². The monoisotopic (exact) mass is 281 g/mol. The van der Waals surface area contributed by atoms with Gasteiger partial charge in [0.15, 0.2) is 0 Å². The van der Waals surface area contributed by atoms with E-state index >= 15 is 0 Å². The van der Waals surface area contributed by atoms with Crippen molar-refractivity contribution in [3.8, 4) is 0 Å². The molecule has 0 bridgehead atoms. The summed E-state index contributed by atoms with van der Waals surface area (Å²) in [5, 5.41) is 13.6. The number of primary sulfonamides is 1. The minimum Gasteiger partial charge on any atom is -0.383 e. The third-order valence-corrected chi connectivity index (χ3v) is 3.28. The quantitative estimate of drug-likeness (QED) is 0.620. The number of carbonyl (C=O) groups excluding carboxylic acids is 1. The molecule has 19 heavy (non-hydrogen) atoms. The summed E-state index contributed by atoms with van der Waals surface area (Å²) >= 11 is 0. The third-order valence-electron chi connectivity index (χ3n) is 2.35. The molecular formula is C10H11N5O3S. The Morgan fingerprint density at radius 2 is 1.89 bits per heavy atom. The van der Waals surface area contributed by atoms with Gasteiger partial charge in [-0.15, -0.1) is 0 Å². The number of aromatic nitrogens is 2. The predicted octanol–water partition coefficient (Wildman–Crippen LogP) is -0.108. The van der Waals surface area contributed by atoms with Gasteiger partial charge in [-0.3, -0.25) is 9.89 Å². The molecule has 1 amide bonds. The summed E-state index contributed by atoms with van der Waals surface area (Å²) in [5.74, 6) is -0.298. The normalized spacial score (nSPS) is 11.2. The van der Waals surface area contributed by atoms with Crippen LogP contribution in [0, 0.1) is 0 Å². The molecule has 1 aromatic heterocycles. The van der Waals surface area contributed by atoms with Crippen LogP contribution in [0.1, 0.15) is 10.4 Å². The maximum Gasteiger partial charge on any atom is 0.261 e. The summed E-state index contributed by atoms with van der Waals surface area (Å²) in [6, 6.07) is 5.44. The molecule has 0 aliphatic carbocycles. The van der Waals surface area contributed by atoms with Crippen LogP contribution in [0.2, 0.25) is 0 Å². The number of hydrogen-bond donors (Lipinski definition) is 4. The van der Waals surface area contributed by atoms with Gasteiger partial charge in [0, 0.05) is 5.69 Å².